The SMILES string of the molecule is [2H]c1cc(C([2H])([2H])C(C)(C)C)cc(-c2c(C)cc(C)c3c2oc2cccc(C#N)c23)[n+]1C. The zero-order valence-electron chi connectivity index (χ0n) is 20.8. The van der Waals surface area contributed by atoms with Crippen LogP contribution in [0.25, 0.3) is 33.2 Å². The lowest BCUT2D eigenvalue weighted by Crippen LogP contribution is -2.31. The van der Waals surface area contributed by atoms with Gasteiger partial charge in [-0.3, -0.25) is 0 Å². The third-order valence-electron chi connectivity index (χ3n) is 5.13. The van der Waals surface area contributed by atoms with Gasteiger partial charge < -0.3 is 4.42 Å². The molecule has 0 aliphatic carbocycles. The maximum absolute atomic E-state index is 9.67. The first-order chi connectivity index (χ1) is 14.9. The van der Waals surface area contributed by atoms with E-state index >= 15 is 0 Å². The second kappa shape index (κ2) is 6.74. The number of pyridine rings is 1. The molecule has 0 N–H and O–H groups in total. The average Bonchev–Trinajstić information content (AvgIpc) is 3.09. The fourth-order valence-electron chi connectivity index (χ4n) is 4.03. The number of benzene rings is 2. The summed E-state index contributed by atoms with van der Waals surface area (Å²) in [6, 6.07) is 13.2. The first kappa shape index (κ1) is 15.8. The predicted octanol–water partition coefficient (Wildman–Crippen LogP) is 6.15. The minimum Gasteiger partial charge on any atom is -0.455 e. The number of nitriles is 1. The normalized spacial score (nSPS) is 13.9. The van der Waals surface area contributed by atoms with Gasteiger partial charge in [0.2, 0.25) is 5.69 Å². The monoisotopic (exact) mass is 386 g/mol. The third-order valence-corrected chi connectivity index (χ3v) is 5.13. The molecule has 3 heteroatoms. The zero-order valence-corrected chi connectivity index (χ0v) is 17.8. The number of hydrogen-bond donors (Lipinski definition) is 0. The van der Waals surface area contributed by atoms with Gasteiger partial charge in [0.05, 0.1) is 17.2 Å². The van der Waals surface area contributed by atoms with Crippen molar-refractivity contribution in [2.75, 3.05) is 0 Å². The van der Waals surface area contributed by atoms with Crippen LogP contribution in [-0.4, -0.2) is 0 Å². The van der Waals surface area contributed by atoms with E-state index in [0.717, 1.165) is 27.5 Å². The minimum absolute atomic E-state index is 0.215. The van der Waals surface area contributed by atoms with Gasteiger partial charge in [-0.25, -0.2) is 4.57 Å². The second-order valence-corrected chi connectivity index (χ2v) is 8.67. The molecule has 0 amide bonds. The van der Waals surface area contributed by atoms with Crippen molar-refractivity contribution < 1.29 is 13.1 Å². The Labute approximate surface area is 176 Å². The molecule has 0 unspecified atom stereocenters. The van der Waals surface area contributed by atoms with Crippen molar-refractivity contribution in [1.82, 2.24) is 0 Å². The van der Waals surface area contributed by atoms with Crippen LogP contribution in [0.2, 0.25) is 0 Å². The summed E-state index contributed by atoms with van der Waals surface area (Å²) in [5.74, 6) is 0. The van der Waals surface area contributed by atoms with E-state index in [2.05, 4.69) is 12.1 Å². The van der Waals surface area contributed by atoms with E-state index in [-0.39, 0.29) is 6.17 Å². The number of aryl methyl sites for hydroxylation is 2. The van der Waals surface area contributed by atoms with E-state index in [9.17, 15) is 5.26 Å². The van der Waals surface area contributed by atoms with Gasteiger partial charge in [-0.1, -0.05) is 32.9 Å². The summed E-state index contributed by atoms with van der Waals surface area (Å²) in [5, 5.41) is 11.3. The van der Waals surface area contributed by atoms with Gasteiger partial charge in [0, 0.05) is 25.6 Å². The zero-order chi connectivity index (χ0) is 23.6. The first-order valence-electron chi connectivity index (χ1n) is 11.3. The largest absolute Gasteiger partial charge is 0.455 e. The Kier molecular flexibility index (Phi) is 3.66. The number of aromatic nitrogens is 1. The van der Waals surface area contributed by atoms with E-state index < -0.39 is 11.8 Å². The molecular formula is C26H27N2O+. The molecule has 0 aliphatic heterocycles. The number of nitrogens with zero attached hydrogens (tertiary/aromatic N) is 2. The maximum Gasteiger partial charge on any atom is 0.216 e. The molecule has 0 radical (unpaired) electrons. The van der Waals surface area contributed by atoms with Crippen molar-refractivity contribution in [3.05, 3.63) is 64.8 Å². The minimum atomic E-state index is -1.63. The molecular weight excluding hydrogens is 356 g/mol. The Morgan fingerprint density at radius 1 is 1.14 bits per heavy atom. The smallest absolute Gasteiger partial charge is 0.216 e. The van der Waals surface area contributed by atoms with Crippen molar-refractivity contribution in [2.24, 2.45) is 12.5 Å². The molecule has 0 fully saturated rings. The molecule has 0 saturated carbocycles. The lowest BCUT2D eigenvalue weighted by atomic mass is 9.87. The standard InChI is InChI=1S/C26H27N2O/c1-16-12-17(2)23-24-19(15-27)8-7-9-21(24)29-25(23)22(16)20-13-18(10-11-28(20)6)14-26(3,4)5/h7-13H,14H2,1-6H3/q+1/i11D,14D2. The van der Waals surface area contributed by atoms with E-state index in [0.29, 0.717) is 28.0 Å². The molecule has 146 valence electrons. The van der Waals surface area contributed by atoms with Gasteiger partial charge in [-0.05, 0) is 54.5 Å². The summed E-state index contributed by atoms with van der Waals surface area (Å²) in [6.45, 7) is 9.59. The molecule has 0 spiro atoms. The number of rotatable bonds is 2. The van der Waals surface area contributed by atoms with Crippen LogP contribution in [0.3, 0.4) is 0 Å². The highest BCUT2D eigenvalue weighted by atomic mass is 16.3. The number of fused-ring (bicyclic) bond motifs is 3. The van der Waals surface area contributed by atoms with Crippen LogP contribution in [-0.2, 0) is 13.4 Å². The Bertz CT molecular complexity index is 1440. The van der Waals surface area contributed by atoms with Crippen molar-refractivity contribution in [2.45, 2.75) is 41.0 Å². The van der Waals surface area contributed by atoms with E-state index in [1.807, 2.05) is 59.9 Å². The fourth-order valence-corrected chi connectivity index (χ4v) is 4.03. The molecule has 2 heterocycles. The third kappa shape index (κ3) is 3.29. The Hall–Kier alpha value is -3.12. The lowest BCUT2D eigenvalue weighted by Gasteiger charge is -2.18. The summed E-state index contributed by atoms with van der Waals surface area (Å²) in [7, 11) is 1.81. The summed E-state index contributed by atoms with van der Waals surface area (Å²) >= 11 is 0. The van der Waals surface area contributed by atoms with E-state index in [1.54, 1.807) is 16.7 Å². The first-order valence-corrected chi connectivity index (χ1v) is 9.75. The fraction of sp³-hybridized carbons (Fsp3) is 0.308. The molecule has 29 heavy (non-hydrogen) atoms. The van der Waals surface area contributed by atoms with Crippen LogP contribution >= 0.6 is 0 Å². The highest BCUT2D eigenvalue weighted by molar-refractivity contribution is 6.13. The summed E-state index contributed by atoms with van der Waals surface area (Å²) in [6.07, 6.45) is -1.42. The van der Waals surface area contributed by atoms with E-state index in [1.165, 1.54) is 0 Å². The highest BCUT2D eigenvalue weighted by Gasteiger charge is 2.24. The molecule has 3 nitrogen and oxygen atoms in total. The average molecular weight is 387 g/mol. The number of hydrogen-bond acceptors (Lipinski definition) is 2. The molecule has 0 saturated heterocycles. The molecule has 2 aromatic heterocycles. The molecule has 2 aromatic carbocycles. The predicted molar refractivity (Wildman–Crippen MR) is 118 cm³/mol. The van der Waals surface area contributed by atoms with Gasteiger partial charge in [-0.15, -0.1) is 0 Å². The summed E-state index contributed by atoms with van der Waals surface area (Å²) in [4.78, 5) is 0. The summed E-state index contributed by atoms with van der Waals surface area (Å²) in [5.41, 5.74) is 5.18. The van der Waals surface area contributed by atoms with E-state index in [4.69, 9.17) is 8.53 Å². The molecule has 0 atom stereocenters. The molecule has 0 bridgehead atoms. The highest BCUT2D eigenvalue weighted by Crippen LogP contribution is 2.40. The summed E-state index contributed by atoms with van der Waals surface area (Å²) < 4.78 is 34.1. The van der Waals surface area contributed by atoms with Crippen molar-refractivity contribution >= 4 is 21.9 Å². The van der Waals surface area contributed by atoms with Crippen molar-refractivity contribution in [3.63, 3.8) is 0 Å². The Morgan fingerprint density at radius 3 is 2.59 bits per heavy atom. The quantitative estimate of drug-likeness (QED) is 0.387. The molecule has 4 rings (SSSR count). The van der Waals surface area contributed by atoms with Crippen molar-refractivity contribution in [3.8, 4) is 17.3 Å². The number of furan rings is 1. The van der Waals surface area contributed by atoms with Crippen LogP contribution in [0.15, 0.2) is 47.0 Å². The van der Waals surface area contributed by atoms with Gasteiger partial charge >= 0.3 is 0 Å². The van der Waals surface area contributed by atoms with Crippen LogP contribution in [0.1, 0.15) is 47.1 Å². The van der Waals surface area contributed by atoms with Crippen LogP contribution < -0.4 is 4.57 Å². The van der Waals surface area contributed by atoms with Crippen molar-refractivity contribution in [1.29, 1.82) is 5.26 Å². The van der Waals surface area contributed by atoms with Gasteiger partial charge in [0.15, 0.2) is 6.17 Å². The van der Waals surface area contributed by atoms with Gasteiger partial charge in [-0.2, -0.15) is 5.26 Å². The molecule has 4 aromatic rings. The lowest BCUT2D eigenvalue weighted by molar-refractivity contribution is -0.660. The topological polar surface area (TPSA) is 40.8 Å². The van der Waals surface area contributed by atoms with Crippen LogP contribution in [0.4, 0.5) is 0 Å². The van der Waals surface area contributed by atoms with Crippen LogP contribution in [0, 0.1) is 30.6 Å². The maximum atomic E-state index is 9.67. The molecule has 0 aliphatic rings. The van der Waals surface area contributed by atoms with Gasteiger partial charge in [0.25, 0.3) is 0 Å². The van der Waals surface area contributed by atoms with Crippen LogP contribution in [0.5, 0.6) is 0 Å². The Morgan fingerprint density at radius 2 is 1.90 bits per heavy atom. The van der Waals surface area contributed by atoms with Gasteiger partial charge in [0.1, 0.15) is 19.6 Å². The second-order valence-electron chi connectivity index (χ2n) is 8.67. The Balaban J connectivity index is 2.15.